The first-order valence-corrected chi connectivity index (χ1v) is 22.1. The number of likely N-dealkylation sites (N-methyl/N-ethyl adjacent to an activating group) is 1. The second kappa shape index (κ2) is 33.6. The molecule has 0 amide bonds. The smallest absolute Gasteiger partial charge is 0.306 e. The van der Waals surface area contributed by atoms with E-state index < -0.39 is 16.5 Å². The van der Waals surface area contributed by atoms with Crippen LogP contribution >= 0.6 is 0 Å². The summed E-state index contributed by atoms with van der Waals surface area (Å²) in [5, 5.41) is 0. The van der Waals surface area contributed by atoms with Gasteiger partial charge in [0, 0.05) is 19.3 Å². The molecular weight excluding hydrogens is 655 g/mol. The third-order valence-corrected chi connectivity index (χ3v) is 9.99. The maximum absolute atomic E-state index is 12.8. The lowest BCUT2D eigenvalue weighted by Crippen LogP contribution is -2.49. The second-order valence-corrected chi connectivity index (χ2v) is 16.3. The normalized spacial score (nSPS) is 12.7. The van der Waals surface area contributed by atoms with E-state index in [0.29, 0.717) is 36.8 Å². The number of carbonyl (C=O) groups excluding carboxylic acids is 2. The molecule has 9 nitrogen and oxygen atoms in total. The van der Waals surface area contributed by atoms with Crippen molar-refractivity contribution in [2.45, 2.75) is 206 Å². The van der Waals surface area contributed by atoms with Crippen LogP contribution in [0.1, 0.15) is 200 Å². The van der Waals surface area contributed by atoms with Gasteiger partial charge in [-0.15, -0.1) is 0 Å². The van der Waals surface area contributed by atoms with Crippen LogP contribution in [0.4, 0.5) is 0 Å². The number of quaternary nitrogens is 1. The highest BCUT2D eigenvalue weighted by Crippen LogP contribution is 2.16. The lowest BCUT2D eigenvalue weighted by molar-refractivity contribution is -0.893. The van der Waals surface area contributed by atoms with Gasteiger partial charge in [-0.2, -0.15) is 0 Å². The summed E-state index contributed by atoms with van der Waals surface area (Å²) in [7, 11) is -0.879. The Morgan fingerprint density at radius 2 is 0.920 bits per heavy atom. The molecule has 298 valence electrons. The van der Waals surface area contributed by atoms with Crippen LogP contribution < -0.4 is 0 Å². The third kappa shape index (κ3) is 36.6. The van der Waals surface area contributed by atoms with E-state index >= 15 is 0 Å². The fraction of sp³-hybridized carbons (Fsp3) is 0.950. The summed E-state index contributed by atoms with van der Waals surface area (Å²) in [6.07, 6.45) is 32.6. The van der Waals surface area contributed by atoms with Crippen LogP contribution in [-0.2, 0) is 33.6 Å². The van der Waals surface area contributed by atoms with E-state index in [1.165, 1.54) is 128 Å². The van der Waals surface area contributed by atoms with Crippen LogP contribution in [0.15, 0.2) is 0 Å². The van der Waals surface area contributed by atoms with Gasteiger partial charge >= 0.3 is 11.9 Å². The first-order chi connectivity index (χ1) is 24.0. The average molecular weight is 734 g/mol. The zero-order valence-electron chi connectivity index (χ0n) is 33.0. The Morgan fingerprint density at radius 1 is 0.560 bits per heavy atom. The van der Waals surface area contributed by atoms with E-state index in [1.54, 1.807) is 0 Å². The molecule has 0 heterocycles. The molecule has 0 aliphatic rings. The Balaban J connectivity index is 4.39. The molecule has 50 heavy (non-hydrogen) atoms. The lowest BCUT2D eigenvalue weighted by atomic mass is 10.0. The highest BCUT2D eigenvalue weighted by atomic mass is 32.3. The number of hydrogen-bond donors (Lipinski definition) is 0. The maximum atomic E-state index is 12.8. The van der Waals surface area contributed by atoms with E-state index in [2.05, 4.69) is 18.0 Å². The fourth-order valence-corrected chi connectivity index (χ4v) is 6.82. The van der Waals surface area contributed by atoms with Crippen LogP contribution in [0.25, 0.3) is 0 Å². The Morgan fingerprint density at radius 3 is 1.30 bits per heavy atom. The number of esters is 2. The standard InChI is InChI=1S/C40H79NO8S/c1-5-7-9-11-13-15-17-19-21-23-25-27-29-32-39(42)47-37-38(36-41(3,4)34-31-35-48-50(44,45)46)49-40(43)33-30-28-26-24-22-20-18-16-14-12-10-8-6-2/h38H,5-37H2,1-4H3. The third-order valence-electron chi connectivity index (χ3n) is 9.53. The van der Waals surface area contributed by atoms with E-state index in [-0.39, 0.29) is 25.2 Å². The topological polar surface area (TPSA) is 119 Å². The van der Waals surface area contributed by atoms with Crippen LogP contribution in [0.5, 0.6) is 0 Å². The second-order valence-electron chi connectivity index (χ2n) is 15.2. The average Bonchev–Trinajstić information content (AvgIpc) is 3.05. The van der Waals surface area contributed by atoms with E-state index in [0.717, 1.165) is 38.5 Å². The SMILES string of the molecule is CCCCCCCCCCCCCCCC(=O)OCC(C[N+](C)(C)CCCOS(=O)(=O)[O-])OC(=O)CCCCCCCCCCCCCCC. The van der Waals surface area contributed by atoms with Gasteiger partial charge < -0.3 is 18.5 Å². The number of carbonyl (C=O) groups is 2. The quantitative estimate of drug-likeness (QED) is 0.0202. The van der Waals surface area contributed by atoms with Gasteiger partial charge in [0.15, 0.2) is 6.10 Å². The van der Waals surface area contributed by atoms with Crippen molar-refractivity contribution in [3.05, 3.63) is 0 Å². The van der Waals surface area contributed by atoms with Crippen LogP contribution in [0.3, 0.4) is 0 Å². The van der Waals surface area contributed by atoms with Gasteiger partial charge in [-0.1, -0.05) is 168 Å². The first-order valence-electron chi connectivity index (χ1n) is 20.8. The van der Waals surface area contributed by atoms with Gasteiger partial charge in [-0.3, -0.25) is 13.8 Å². The van der Waals surface area contributed by atoms with Crippen molar-refractivity contribution < 1.29 is 40.7 Å². The van der Waals surface area contributed by atoms with Crippen molar-refractivity contribution in [2.75, 3.05) is 40.4 Å². The van der Waals surface area contributed by atoms with Crippen LogP contribution in [-0.4, -0.2) is 75.9 Å². The summed E-state index contributed by atoms with van der Waals surface area (Å²) in [5.74, 6) is -0.559. The number of rotatable bonds is 38. The molecule has 10 heteroatoms. The number of unbranched alkanes of at least 4 members (excludes halogenated alkanes) is 24. The molecule has 0 aromatic carbocycles. The molecule has 1 unspecified atom stereocenters. The minimum Gasteiger partial charge on any atom is -0.726 e. The predicted octanol–water partition coefficient (Wildman–Crippen LogP) is 10.3. The molecule has 0 aliphatic heterocycles. The van der Waals surface area contributed by atoms with E-state index in [4.69, 9.17) is 9.47 Å². The molecule has 0 aliphatic carbocycles. The molecule has 0 rings (SSSR count). The number of hydrogen-bond acceptors (Lipinski definition) is 8. The predicted molar refractivity (Wildman–Crippen MR) is 204 cm³/mol. The van der Waals surface area contributed by atoms with E-state index in [9.17, 15) is 22.6 Å². The first kappa shape index (κ1) is 48.8. The minimum absolute atomic E-state index is 0.00522. The van der Waals surface area contributed by atoms with Gasteiger partial charge in [-0.05, 0) is 12.8 Å². The molecule has 0 saturated carbocycles. The summed E-state index contributed by atoms with van der Waals surface area (Å²) in [6, 6.07) is 0. The van der Waals surface area contributed by atoms with Gasteiger partial charge in [0.1, 0.15) is 13.2 Å². The lowest BCUT2D eigenvalue weighted by Gasteiger charge is -2.33. The molecule has 1 atom stereocenters. The van der Waals surface area contributed by atoms with Crippen LogP contribution in [0.2, 0.25) is 0 Å². The number of nitrogens with zero attached hydrogens (tertiary/aromatic N) is 1. The molecule has 0 spiro atoms. The molecule has 0 saturated heterocycles. The monoisotopic (exact) mass is 734 g/mol. The molecular formula is C40H79NO8S. The summed E-state index contributed by atoms with van der Waals surface area (Å²) in [6.45, 7) is 5.18. The van der Waals surface area contributed by atoms with Crippen LogP contribution in [0, 0.1) is 0 Å². The number of ether oxygens (including phenoxy) is 2. The van der Waals surface area contributed by atoms with Crippen molar-refractivity contribution in [1.82, 2.24) is 0 Å². The summed E-state index contributed by atoms with van der Waals surface area (Å²) in [5.41, 5.74) is 0. The van der Waals surface area contributed by atoms with Crippen molar-refractivity contribution in [3.63, 3.8) is 0 Å². The molecule has 0 radical (unpaired) electrons. The van der Waals surface area contributed by atoms with Crippen molar-refractivity contribution in [2.24, 2.45) is 0 Å². The van der Waals surface area contributed by atoms with Crippen molar-refractivity contribution in [3.8, 4) is 0 Å². The Labute approximate surface area is 308 Å². The van der Waals surface area contributed by atoms with E-state index in [1.807, 2.05) is 14.1 Å². The molecule has 0 N–H and O–H groups in total. The fourth-order valence-electron chi connectivity index (χ4n) is 6.50. The van der Waals surface area contributed by atoms with Crippen molar-refractivity contribution in [1.29, 1.82) is 0 Å². The Bertz CT molecular complexity index is 896. The largest absolute Gasteiger partial charge is 0.726 e. The van der Waals surface area contributed by atoms with Gasteiger partial charge in [0.25, 0.3) is 0 Å². The van der Waals surface area contributed by atoms with Gasteiger partial charge in [-0.25, -0.2) is 8.42 Å². The molecule has 0 aromatic rings. The minimum atomic E-state index is -4.73. The van der Waals surface area contributed by atoms with Gasteiger partial charge in [0.05, 0.1) is 27.2 Å². The summed E-state index contributed by atoms with van der Waals surface area (Å²) in [4.78, 5) is 25.3. The molecule has 0 bridgehead atoms. The Hall–Kier alpha value is -1.23. The molecule has 0 fully saturated rings. The highest BCUT2D eigenvalue weighted by Gasteiger charge is 2.26. The maximum Gasteiger partial charge on any atom is 0.306 e. The summed E-state index contributed by atoms with van der Waals surface area (Å²) >= 11 is 0. The highest BCUT2D eigenvalue weighted by molar-refractivity contribution is 7.80. The zero-order chi connectivity index (χ0) is 37.2. The van der Waals surface area contributed by atoms with Gasteiger partial charge in [0.2, 0.25) is 10.4 Å². The molecule has 0 aromatic heterocycles. The zero-order valence-corrected chi connectivity index (χ0v) is 33.8. The summed E-state index contributed by atoms with van der Waals surface area (Å²) < 4.78 is 48.4. The Kier molecular flexibility index (Phi) is 32.8. The van der Waals surface area contributed by atoms with Crippen molar-refractivity contribution >= 4 is 22.3 Å².